The highest BCUT2D eigenvalue weighted by molar-refractivity contribution is 5.87. The van der Waals surface area contributed by atoms with Crippen LogP contribution in [0.4, 0.5) is 5.82 Å². The third kappa shape index (κ3) is 8.39. The number of nitrogens with zero attached hydrogens (tertiary/aromatic N) is 1. The lowest BCUT2D eigenvalue weighted by molar-refractivity contribution is -0.141. The van der Waals surface area contributed by atoms with E-state index in [2.05, 4.69) is 51.3 Å². The zero-order valence-corrected chi connectivity index (χ0v) is 22.6. The maximum Gasteiger partial charge on any atom is 0.307 e. The molecule has 0 radical (unpaired) electrons. The van der Waals surface area contributed by atoms with Gasteiger partial charge in [-0.3, -0.25) is 14.4 Å². The molecule has 0 aliphatic heterocycles. The Morgan fingerprint density at radius 3 is 2.33 bits per heavy atom. The van der Waals surface area contributed by atoms with Crippen LogP contribution in [0.5, 0.6) is 0 Å². The molecule has 1 aromatic heterocycles. The number of aromatic nitrogens is 1. The van der Waals surface area contributed by atoms with Crippen molar-refractivity contribution in [3.63, 3.8) is 0 Å². The molecule has 1 unspecified atom stereocenters. The highest BCUT2D eigenvalue weighted by Gasteiger charge is 2.19. The number of benzene rings is 3. The molecular formula is C32H34N4O4. The van der Waals surface area contributed by atoms with Gasteiger partial charge >= 0.3 is 5.97 Å². The first kappa shape index (κ1) is 28.3. The van der Waals surface area contributed by atoms with Gasteiger partial charge in [-0.2, -0.15) is 0 Å². The summed E-state index contributed by atoms with van der Waals surface area (Å²) in [4.78, 5) is 41.1. The number of anilines is 1. The van der Waals surface area contributed by atoms with Gasteiger partial charge in [0.1, 0.15) is 5.82 Å². The zero-order chi connectivity index (χ0) is 28.2. The monoisotopic (exact) mass is 538 g/mol. The number of unbranched alkanes of at least 4 members (excludes halogenated alkanes) is 1. The Morgan fingerprint density at radius 2 is 1.57 bits per heavy atom. The maximum atomic E-state index is 12.7. The van der Waals surface area contributed by atoms with Crippen molar-refractivity contribution in [1.29, 1.82) is 0 Å². The van der Waals surface area contributed by atoms with Gasteiger partial charge in [-0.15, -0.1) is 0 Å². The summed E-state index contributed by atoms with van der Waals surface area (Å²) in [7, 11) is 1.32. The Kier molecular flexibility index (Phi) is 10.2. The van der Waals surface area contributed by atoms with Crippen LogP contribution in [0.2, 0.25) is 0 Å². The Hall–Kier alpha value is -4.72. The second-order valence-corrected chi connectivity index (χ2v) is 9.46. The van der Waals surface area contributed by atoms with E-state index in [0.29, 0.717) is 19.4 Å². The van der Waals surface area contributed by atoms with Crippen molar-refractivity contribution >= 4 is 34.4 Å². The Bertz CT molecular complexity index is 1420. The SMILES string of the molecule is COC(=O)CC(NC(=O)CNC(=O)CCCCNc1ccccn1)c1ccc(-c2ccc3ccccc3c2)cc1. The van der Waals surface area contributed by atoms with Crippen molar-refractivity contribution in [2.24, 2.45) is 0 Å². The number of carbonyl (C=O) groups is 3. The number of carbonyl (C=O) groups excluding carboxylic acids is 3. The fourth-order valence-electron chi connectivity index (χ4n) is 4.39. The molecule has 206 valence electrons. The number of esters is 1. The largest absolute Gasteiger partial charge is 0.469 e. The van der Waals surface area contributed by atoms with E-state index in [9.17, 15) is 14.4 Å². The van der Waals surface area contributed by atoms with Crippen LogP contribution in [0.1, 0.15) is 37.3 Å². The number of fused-ring (bicyclic) bond motifs is 1. The number of rotatable bonds is 13. The predicted octanol–water partition coefficient (Wildman–Crippen LogP) is 5.02. The molecule has 8 heteroatoms. The lowest BCUT2D eigenvalue weighted by atomic mass is 9.97. The molecule has 2 amide bonds. The lowest BCUT2D eigenvalue weighted by Gasteiger charge is -2.19. The molecule has 3 N–H and O–H groups in total. The van der Waals surface area contributed by atoms with Gasteiger partial charge in [0.15, 0.2) is 0 Å². The summed E-state index contributed by atoms with van der Waals surface area (Å²) in [5.74, 6) is -0.212. The molecule has 0 aliphatic rings. The first-order valence-corrected chi connectivity index (χ1v) is 13.4. The molecule has 40 heavy (non-hydrogen) atoms. The van der Waals surface area contributed by atoms with Crippen molar-refractivity contribution in [3.8, 4) is 11.1 Å². The molecule has 0 spiro atoms. The molecule has 0 aliphatic carbocycles. The minimum Gasteiger partial charge on any atom is -0.469 e. The van der Waals surface area contributed by atoms with E-state index < -0.39 is 12.0 Å². The molecule has 0 saturated carbocycles. The van der Waals surface area contributed by atoms with Gasteiger partial charge < -0.3 is 20.7 Å². The van der Waals surface area contributed by atoms with Gasteiger partial charge in [-0.25, -0.2) is 4.98 Å². The summed E-state index contributed by atoms with van der Waals surface area (Å²) in [5, 5.41) is 11.1. The number of hydrogen-bond acceptors (Lipinski definition) is 6. The molecule has 3 aromatic carbocycles. The number of pyridine rings is 1. The minimum atomic E-state index is -0.583. The smallest absolute Gasteiger partial charge is 0.307 e. The van der Waals surface area contributed by atoms with Crippen LogP contribution in [0.3, 0.4) is 0 Å². The molecule has 4 aromatic rings. The van der Waals surface area contributed by atoms with Crippen molar-refractivity contribution in [3.05, 3.63) is 96.7 Å². The van der Waals surface area contributed by atoms with E-state index in [1.54, 1.807) is 6.20 Å². The molecule has 0 saturated heterocycles. The highest BCUT2D eigenvalue weighted by atomic mass is 16.5. The Balaban J connectivity index is 1.27. The van der Waals surface area contributed by atoms with Gasteiger partial charge in [0.05, 0.1) is 26.1 Å². The van der Waals surface area contributed by atoms with Gasteiger partial charge in [0.2, 0.25) is 11.8 Å². The second kappa shape index (κ2) is 14.4. The van der Waals surface area contributed by atoms with E-state index >= 15 is 0 Å². The fraction of sp³-hybridized carbons (Fsp3) is 0.250. The second-order valence-electron chi connectivity index (χ2n) is 9.46. The lowest BCUT2D eigenvalue weighted by Crippen LogP contribution is -2.39. The Labute approximate surface area is 234 Å². The van der Waals surface area contributed by atoms with Crippen LogP contribution >= 0.6 is 0 Å². The topological polar surface area (TPSA) is 109 Å². The number of ether oxygens (including phenoxy) is 1. The van der Waals surface area contributed by atoms with E-state index in [-0.39, 0.29) is 24.8 Å². The molecule has 1 heterocycles. The summed E-state index contributed by atoms with van der Waals surface area (Å²) >= 11 is 0. The number of hydrogen-bond donors (Lipinski definition) is 3. The van der Waals surface area contributed by atoms with Gasteiger partial charge in [-0.1, -0.05) is 66.7 Å². The summed E-state index contributed by atoms with van der Waals surface area (Å²) in [5.41, 5.74) is 2.88. The molecule has 0 fully saturated rings. The summed E-state index contributed by atoms with van der Waals surface area (Å²) in [6.45, 7) is 0.539. The van der Waals surface area contributed by atoms with Gasteiger partial charge in [0, 0.05) is 19.2 Å². The normalized spacial score (nSPS) is 11.4. The minimum absolute atomic E-state index is 0.0191. The van der Waals surface area contributed by atoms with E-state index in [4.69, 9.17) is 4.74 Å². The maximum absolute atomic E-state index is 12.7. The van der Waals surface area contributed by atoms with Crippen LogP contribution in [-0.4, -0.2) is 43.0 Å². The van der Waals surface area contributed by atoms with E-state index in [0.717, 1.165) is 34.3 Å². The average Bonchev–Trinajstić information content (AvgIpc) is 3.00. The van der Waals surface area contributed by atoms with Crippen LogP contribution in [-0.2, 0) is 19.1 Å². The first-order valence-electron chi connectivity index (χ1n) is 13.4. The van der Waals surface area contributed by atoms with Crippen LogP contribution in [0.25, 0.3) is 21.9 Å². The number of nitrogens with one attached hydrogen (secondary N) is 3. The summed E-state index contributed by atoms with van der Waals surface area (Å²) < 4.78 is 4.84. The van der Waals surface area contributed by atoms with Crippen molar-refractivity contribution < 1.29 is 19.1 Å². The predicted molar refractivity (Wildman–Crippen MR) is 156 cm³/mol. The zero-order valence-electron chi connectivity index (χ0n) is 22.6. The van der Waals surface area contributed by atoms with Crippen LogP contribution < -0.4 is 16.0 Å². The van der Waals surface area contributed by atoms with Crippen LogP contribution in [0.15, 0.2) is 91.1 Å². The quantitative estimate of drug-likeness (QED) is 0.163. The molecule has 1 atom stereocenters. The molecule has 4 rings (SSSR count). The number of methoxy groups -OCH3 is 1. The van der Waals surface area contributed by atoms with Crippen LogP contribution in [0, 0.1) is 0 Å². The third-order valence-corrected chi connectivity index (χ3v) is 6.58. The van der Waals surface area contributed by atoms with Gasteiger partial charge in [0.25, 0.3) is 0 Å². The molecule has 0 bridgehead atoms. The van der Waals surface area contributed by atoms with Crippen molar-refractivity contribution in [1.82, 2.24) is 15.6 Å². The molecule has 8 nitrogen and oxygen atoms in total. The third-order valence-electron chi connectivity index (χ3n) is 6.58. The number of amides is 2. The average molecular weight is 539 g/mol. The highest BCUT2D eigenvalue weighted by Crippen LogP contribution is 2.27. The first-order chi connectivity index (χ1) is 19.5. The fourth-order valence-corrected chi connectivity index (χ4v) is 4.39. The Morgan fingerprint density at radius 1 is 0.825 bits per heavy atom. The summed E-state index contributed by atoms with van der Waals surface area (Å²) in [6, 6.07) is 27.3. The summed E-state index contributed by atoms with van der Waals surface area (Å²) in [6.07, 6.45) is 3.50. The standard InChI is InChI=1S/C32H34N4O4/c1-40-32(39)21-28(25-15-12-24(13-16-25)27-17-14-23-8-2-3-9-26(23)20-27)36-31(38)22-35-30(37)11-5-7-19-34-29-10-4-6-18-33-29/h2-4,6,8-10,12-18,20,28H,5,7,11,19,21-22H2,1H3,(H,33,34)(H,35,37)(H,36,38). The van der Waals surface area contributed by atoms with E-state index in [1.807, 2.05) is 54.6 Å². The van der Waals surface area contributed by atoms with Crippen molar-refractivity contribution in [2.45, 2.75) is 31.7 Å². The van der Waals surface area contributed by atoms with E-state index in [1.165, 1.54) is 12.5 Å². The van der Waals surface area contributed by atoms with Gasteiger partial charge in [-0.05, 0) is 58.5 Å². The van der Waals surface area contributed by atoms with Crippen molar-refractivity contribution in [2.75, 3.05) is 25.5 Å². The molecular weight excluding hydrogens is 504 g/mol.